The summed E-state index contributed by atoms with van der Waals surface area (Å²) in [6.45, 7) is 2.53. The topological polar surface area (TPSA) is 61.8 Å². The van der Waals surface area contributed by atoms with E-state index in [0.717, 1.165) is 46.1 Å². The van der Waals surface area contributed by atoms with Crippen LogP contribution in [-0.2, 0) is 0 Å². The largest absolute Gasteiger partial charge is 0.497 e. The minimum atomic E-state index is -0.456. The van der Waals surface area contributed by atoms with Gasteiger partial charge in [-0.15, -0.1) is 0 Å². The number of nitrogens with zero attached hydrogens (tertiary/aromatic N) is 2. The van der Waals surface area contributed by atoms with Gasteiger partial charge in [0.25, 0.3) is 0 Å². The first-order chi connectivity index (χ1) is 16.7. The molecule has 0 saturated carbocycles. The van der Waals surface area contributed by atoms with Crippen LogP contribution in [0.2, 0.25) is 0 Å². The SMILES string of the molecule is CCOc1cccc2c1OC(c1ccc(OC)c(OC)c1)N1N=C(c3cccc(OC)c3)CC21. The van der Waals surface area contributed by atoms with Crippen LogP contribution in [0.4, 0.5) is 0 Å². The number of benzene rings is 3. The molecule has 0 fully saturated rings. The van der Waals surface area contributed by atoms with Crippen molar-refractivity contribution in [3.8, 4) is 28.7 Å². The molecule has 7 heteroatoms. The lowest BCUT2D eigenvalue weighted by atomic mass is 9.95. The summed E-state index contributed by atoms with van der Waals surface area (Å²) in [7, 11) is 4.93. The molecule has 2 unspecified atom stereocenters. The number of methoxy groups -OCH3 is 3. The van der Waals surface area contributed by atoms with Gasteiger partial charge in [0, 0.05) is 23.1 Å². The highest BCUT2D eigenvalue weighted by molar-refractivity contribution is 6.02. The molecular weight excluding hydrogens is 432 g/mol. The van der Waals surface area contributed by atoms with E-state index in [0.29, 0.717) is 18.1 Å². The van der Waals surface area contributed by atoms with Gasteiger partial charge >= 0.3 is 0 Å². The lowest BCUT2D eigenvalue weighted by Gasteiger charge is -2.38. The van der Waals surface area contributed by atoms with Crippen molar-refractivity contribution in [2.24, 2.45) is 5.10 Å². The van der Waals surface area contributed by atoms with Crippen LogP contribution in [0.3, 0.4) is 0 Å². The van der Waals surface area contributed by atoms with Crippen LogP contribution >= 0.6 is 0 Å². The van der Waals surface area contributed by atoms with Gasteiger partial charge in [0.05, 0.1) is 39.7 Å². The molecule has 0 radical (unpaired) electrons. The fourth-order valence-electron chi connectivity index (χ4n) is 4.56. The lowest BCUT2D eigenvalue weighted by molar-refractivity contribution is -0.0213. The minimum Gasteiger partial charge on any atom is -0.497 e. The van der Waals surface area contributed by atoms with Gasteiger partial charge in [-0.25, -0.2) is 5.01 Å². The molecule has 5 rings (SSSR count). The predicted molar refractivity (Wildman–Crippen MR) is 129 cm³/mol. The van der Waals surface area contributed by atoms with Crippen molar-refractivity contribution in [2.45, 2.75) is 25.6 Å². The highest BCUT2D eigenvalue weighted by Crippen LogP contribution is 2.51. The number of hydrogen-bond acceptors (Lipinski definition) is 7. The van der Waals surface area contributed by atoms with E-state index in [9.17, 15) is 0 Å². The molecule has 3 aromatic carbocycles. The standard InChI is InChI=1S/C27H28N2O5/c1-5-33-24-11-7-10-20-22-16-21(17-8-6-9-19(14-17)30-2)28-29(22)27(34-26(20)24)18-12-13-23(31-3)25(15-18)32-4/h6-15,22,27H,5,16H2,1-4H3. The number of fused-ring (bicyclic) bond motifs is 3. The zero-order chi connectivity index (χ0) is 23.7. The summed E-state index contributed by atoms with van der Waals surface area (Å²) in [4.78, 5) is 0. The fourth-order valence-corrected chi connectivity index (χ4v) is 4.56. The van der Waals surface area contributed by atoms with Crippen molar-refractivity contribution in [3.05, 3.63) is 77.4 Å². The number of hydrogen-bond donors (Lipinski definition) is 0. The van der Waals surface area contributed by atoms with Crippen molar-refractivity contribution in [2.75, 3.05) is 27.9 Å². The van der Waals surface area contributed by atoms with Gasteiger partial charge in [-0.3, -0.25) is 0 Å². The zero-order valence-corrected chi connectivity index (χ0v) is 19.8. The van der Waals surface area contributed by atoms with Gasteiger partial charge in [-0.05, 0) is 43.3 Å². The Balaban J connectivity index is 1.61. The molecule has 0 spiro atoms. The Hall–Kier alpha value is -3.87. The van der Waals surface area contributed by atoms with E-state index in [2.05, 4.69) is 12.1 Å². The molecule has 0 amide bonds. The lowest BCUT2D eigenvalue weighted by Crippen LogP contribution is -2.34. The first kappa shape index (κ1) is 21.9. The maximum atomic E-state index is 6.59. The van der Waals surface area contributed by atoms with Crippen LogP contribution in [0, 0.1) is 0 Å². The first-order valence-electron chi connectivity index (χ1n) is 11.3. The third-order valence-electron chi connectivity index (χ3n) is 6.18. The van der Waals surface area contributed by atoms with E-state index in [1.54, 1.807) is 21.3 Å². The number of rotatable bonds is 7. The molecule has 0 aromatic heterocycles. The summed E-state index contributed by atoms with van der Waals surface area (Å²) < 4.78 is 28.9. The third kappa shape index (κ3) is 3.77. The minimum absolute atomic E-state index is 0.00320. The summed E-state index contributed by atoms with van der Waals surface area (Å²) >= 11 is 0. The van der Waals surface area contributed by atoms with Crippen LogP contribution in [-0.4, -0.2) is 38.7 Å². The monoisotopic (exact) mass is 460 g/mol. The Morgan fingerprint density at radius 2 is 1.74 bits per heavy atom. The van der Waals surface area contributed by atoms with E-state index in [-0.39, 0.29) is 6.04 Å². The molecule has 0 N–H and O–H groups in total. The van der Waals surface area contributed by atoms with Gasteiger partial charge in [0.2, 0.25) is 6.23 Å². The van der Waals surface area contributed by atoms with E-state index >= 15 is 0 Å². The summed E-state index contributed by atoms with van der Waals surface area (Å²) in [6, 6.07) is 19.8. The van der Waals surface area contributed by atoms with E-state index < -0.39 is 6.23 Å². The number of hydrazone groups is 1. The number of para-hydroxylation sites is 1. The molecule has 34 heavy (non-hydrogen) atoms. The fraction of sp³-hybridized carbons (Fsp3) is 0.296. The van der Waals surface area contributed by atoms with Gasteiger partial charge in [-0.2, -0.15) is 5.10 Å². The van der Waals surface area contributed by atoms with Crippen molar-refractivity contribution < 1.29 is 23.7 Å². The maximum absolute atomic E-state index is 6.59. The van der Waals surface area contributed by atoms with Gasteiger partial charge in [-0.1, -0.05) is 24.3 Å². The van der Waals surface area contributed by atoms with Crippen LogP contribution < -0.4 is 23.7 Å². The first-order valence-corrected chi connectivity index (χ1v) is 11.3. The molecule has 2 aliphatic heterocycles. The molecule has 176 valence electrons. The van der Waals surface area contributed by atoms with E-state index in [1.807, 2.05) is 60.5 Å². The molecule has 2 heterocycles. The van der Waals surface area contributed by atoms with Gasteiger partial charge < -0.3 is 23.7 Å². The van der Waals surface area contributed by atoms with Crippen molar-refractivity contribution in [3.63, 3.8) is 0 Å². The molecule has 7 nitrogen and oxygen atoms in total. The Morgan fingerprint density at radius 1 is 0.912 bits per heavy atom. The highest BCUT2D eigenvalue weighted by Gasteiger charge is 2.42. The molecule has 3 aromatic rings. The molecule has 0 bridgehead atoms. The second-order valence-corrected chi connectivity index (χ2v) is 8.07. The molecule has 0 aliphatic carbocycles. The smallest absolute Gasteiger partial charge is 0.214 e. The van der Waals surface area contributed by atoms with E-state index in [1.165, 1.54) is 0 Å². The average Bonchev–Trinajstić information content (AvgIpc) is 3.34. The zero-order valence-electron chi connectivity index (χ0n) is 19.8. The number of ether oxygens (including phenoxy) is 5. The molecular formula is C27H28N2O5. The van der Waals surface area contributed by atoms with Crippen LogP contribution in [0.1, 0.15) is 42.3 Å². The second-order valence-electron chi connectivity index (χ2n) is 8.07. The summed E-state index contributed by atoms with van der Waals surface area (Å²) in [5.74, 6) is 3.60. The van der Waals surface area contributed by atoms with Gasteiger partial charge in [0.15, 0.2) is 23.0 Å². The average molecular weight is 461 g/mol. The summed E-state index contributed by atoms with van der Waals surface area (Å²) in [5, 5.41) is 7.08. The van der Waals surface area contributed by atoms with Crippen molar-refractivity contribution in [1.29, 1.82) is 0 Å². The second kappa shape index (κ2) is 9.17. The van der Waals surface area contributed by atoms with Crippen molar-refractivity contribution in [1.82, 2.24) is 5.01 Å². The summed E-state index contributed by atoms with van der Waals surface area (Å²) in [5.41, 5.74) is 3.98. The Kier molecular flexibility index (Phi) is 5.92. The van der Waals surface area contributed by atoms with Crippen LogP contribution in [0.25, 0.3) is 0 Å². The predicted octanol–water partition coefficient (Wildman–Crippen LogP) is 5.35. The normalized spacial score (nSPS) is 18.4. The highest BCUT2D eigenvalue weighted by atomic mass is 16.5. The van der Waals surface area contributed by atoms with E-state index in [4.69, 9.17) is 28.8 Å². The van der Waals surface area contributed by atoms with Crippen LogP contribution in [0.15, 0.2) is 65.8 Å². The molecule has 0 saturated heterocycles. The van der Waals surface area contributed by atoms with Gasteiger partial charge in [0.1, 0.15) is 5.75 Å². The Bertz CT molecular complexity index is 1230. The Labute approximate surface area is 199 Å². The molecule has 2 aliphatic rings. The quantitative estimate of drug-likeness (QED) is 0.474. The van der Waals surface area contributed by atoms with Crippen LogP contribution in [0.5, 0.6) is 28.7 Å². The Morgan fingerprint density at radius 3 is 2.50 bits per heavy atom. The third-order valence-corrected chi connectivity index (χ3v) is 6.18. The summed E-state index contributed by atoms with van der Waals surface area (Å²) in [6.07, 6.45) is 0.283. The molecule has 2 atom stereocenters. The van der Waals surface area contributed by atoms with Crippen molar-refractivity contribution >= 4 is 5.71 Å². The maximum Gasteiger partial charge on any atom is 0.214 e.